The van der Waals surface area contributed by atoms with Gasteiger partial charge in [0, 0.05) is 29.4 Å². The Morgan fingerprint density at radius 3 is 2.52 bits per heavy atom. The summed E-state index contributed by atoms with van der Waals surface area (Å²) >= 11 is 6.17. The second-order valence-corrected chi connectivity index (χ2v) is 7.45. The molecular weight excluding hydrogens is 388 g/mol. The van der Waals surface area contributed by atoms with Crippen LogP contribution < -0.4 is 10.6 Å². The van der Waals surface area contributed by atoms with Gasteiger partial charge in [-0.2, -0.15) is 5.10 Å². The second-order valence-electron chi connectivity index (χ2n) is 7.04. The van der Waals surface area contributed by atoms with Crippen LogP contribution in [-0.2, 0) is 17.9 Å². The standard InChI is InChI=1S/C22H23ClN4O2/c1-15(2)21(28)26-19-9-7-16(8-10-19)11-24-22(29)18-12-25-27(14-18)13-17-5-3-4-6-20(17)23/h3-10,12,14-15H,11,13H2,1-2H3,(H,24,29)(H,26,28). The molecule has 0 bridgehead atoms. The fourth-order valence-corrected chi connectivity index (χ4v) is 2.84. The highest BCUT2D eigenvalue weighted by molar-refractivity contribution is 6.31. The molecule has 29 heavy (non-hydrogen) atoms. The average Bonchev–Trinajstić information content (AvgIpc) is 3.17. The molecule has 3 aromatic rings. The first kappa shape index (κ1) is 20.6. The van der Waals surface area contributed by atoms with E-state index < -0.39 is 0 Å². The number of hydrogen-bond donors (Lipinski definition) is 2. The van der Waals surface area contributed by atoms with Crippen molar-refractivity contribution < 1.29 is 9.59 Å². The van der Waals surface area contributed by atoms with E-state index in [9.17, 15) is 9.59 Å². The van der Waals surface area contributed by atoms with Crippen molar-refractivity contribution in [2.45, 2.75) is 26.9 Å². The van der Waals surface area contributed by atoms with Gasteiger partial charge >= 0.3 is 0 Å². The van der Waals surface area contributed by atoms with Crippen molar-refractivity contribution in [3.8, 4) is 0 Å². The van der Waals surface area contributed by atoms with Crippen LogP contribution in [0.2, 0.25) is 5.02 Å². The lowest BCUT2D eigenvalue weighted by molar-refractivity contribution is -0.118. The third-order valence-corrected chi connectivity index (χ3v) is 4.75. The summed E-state index contributed by atoms with van der Waals surface area (Å²) < 4.78 is 1.68. The molecule has 1 heterocycles. The van der Waals surface area contributed by atoms with Gasteiger partial charge in [0.1, 0.15) is 0 Å². The Kier molecular flexibility index (Phi) is 6.67. The Bertz CT molecular complexity index is 996. The summed E-state index contributed by atoms with van der Waals surface area (Å²) in [6.45, 7) is 4.56. The number of benzene rings is 2. The van der Waals surface area contributed by atoms with Gasteiger partial charge in [0.05, 0.1) is 18.3 Å². The maximum absolute atomic E-state index is 12.4. The summed E-state index contributed by atoms with van der Waals surface area (Å²) in [5, 5.41) is 10.6. The smallest absolute Gasteiger partial charge is 0.254 e. The summed E-state index contributed by atoms with van der Waals surface area (Å²) in [5.74, 6) is -0.305. The number of aromatic nitrogens is 2. The van der Waals surface area contributed by atoms with Crippen LogP contribution in [0.3, 0.4) is 0 Å². The lowest BCUT2D eigenvalue weighted by Gasteiger charge is -2.09. The van der Waals surface area contributed by atoms with Crippen LogP contribution in [-0.4, -0.2) is 21.6 Å². The molecule has 0 radical (unpaired) electrons. The van der Waals surface area contributed by atoms with E-state index >= 15 is 0 Å². The molecule has 1 aromatic heterocycles. The first-order valence-electron chi connectivity index (χ1n) is 9.36. The normalized spacial score (nSPS) is 10.8. The highest BCUT2D eigenvalue weighted by Crippen LogP contribution is 2.16. The van der Waals surface area contributed by atoms with E-state index in [4.69, 9.17) is 11.6 Å². The van der Waals surface area contributed by atoms with Crippen LogP contribution in [0.1, 0.15) is 35.3 Å². The molecule has 0 atom stereocenters. The predicted octanol–water partition coefficient (Wildman–Crippen LogP) is 4.11. The first-order chi connectivity index (χ1) is 13.9. The fourth-order valence-electron chi connectivity index (χ4n) is 2.65. The lowest BCUT2D eigenvalue weighted by atomic mass is 10.1. The fraction of sp³-hybridized carbons (Fsp3) is 0.227. The van der Waals surface area contributed by atoms with Gasteiger partial charge in [-0.1, -0.05) is 55.8 Å². The number of halogens is 1. The number of hydrogen-bond acceptors (Lipinski definition) is 3. The SMILES string of the molecule is CC(C)C(=O)Nc1ccc(CNC(=O)c2cnn(Cc3ccccc3Cl)c2)cc1. The molecule has 0 saturated carbocycles. The zero-order valence-corrected chi connectivity index (χ0v) is 17.1. The molecule has 6 nitrogen and oxygen atoms in total. The monoisotopic (exact) mass is 410 g/mol. The molecule has 0 unspecified atom stereocenters. The van der Waals surface area contributed by atoms with Crippen LogP contribution in [0.15, 0.2) is 60.9 Å². The third-order valence-electron chi connectivity index (χ3n) is 4.38. The Morgan fingerprint density at radius 2 is 1.83 bits per heavy atom. The average molecular weight is 411 g/mol. The zero-order chi connectivity index (χ0) is 20.8. The van der Waals surface area contributed by atoms with Crippen LogP contribution in [0.5, 0.6) is 0 Å². The minimum Gasteiger partial charge on any atom is -0.348 e. The van der Waals surface area contributed by atoms with Crippen LogP contribution in [0, 0.1) is 5.92 Å². The first-order valence-corrected chi connectivity index (χ1v) is 9.74. The van der Waals surface area contributed by atoms with E-state index in [0.717, 1.165) is 16.8 Å². The molecule has 0 fully saturated rings. The van der Waals surface area contributed by atoms with E-state index in [0.29, 0.717) is 23.7 Å². The van der Waals surface area contributed by atoms with Crippen LogP contribution >= 0.6 is 11.6 Å². The summed E-state index contributed by atoms with van der Waals surface area (Å²) in [7, 11) is 0. The highest BCUT2D eigenvalue weighted by Gasteiger charge is 2.10. The summed E-state index contributed by atoms with van der Waals surface area (Å²) in [4.78, 5) is 24.1. The largest absolute Gasteiger partial charge is 0.348 e. The van der Waals surface area contributed by atoms with Gasteiger partial charge in [-0.05, 0) is 29.3 Å². The third kappa shape index (κ3) is 5.68. The minimum atomic E-state index is -0.201. The Hall–Kier alpha value is -3.12. The molecule has 3 rings (SSSR count). The van der Waals surface area contributed by atoms with Gasteiger partial charge in [0.2, 0.25) is 5.91 Å². The quantitative estimate of drug-likeness (QED) is 0.615. The van der Waals surface area contributed by atoms with Crippen molar-refractivity contribution in [1.29, 1.82) is 0 Å². The van der Waals surface area contributed by atoms with Gasteiger partial charge in [-0.3, -0.25) is 14.3 Å². The molecule has 0 spiro atoms. The van der Waals surface area contributed by atoms with Crippen molar-refractivity contribution in [2.75, 3.05) is 5.32 Å². The van der Waals surface area contributed by atoms with Crippen molar-refractivity contribution in [3.63, 3.8) is 0 Å². The molecule has 2 amide bonds. The van der Waals surface area contributed by atoms with Crippen molar-refractivity contribution >= 4 is 29.1 Å². The predicted molar refractivity (Wildman–Crippen MR) is 114 cm³/mol. The number of carbonyl (C=O) groups excluding carboxylic acids is 2. The van der Waals surface area contributed by atoms with E-state index in [1.54, 1.807) is 10.9 Å². The summed E-state index contributed by atoms with van der Waals surface area (Å²) in [6, 6.07) is 14.9. The van der Waals surface area contributed by atoms with Gasteiger partial charge in [-0.15, -0.1) is 0 Å². The van der Waals surface area contributed by atoms with Crippen LogP contribution in [0.4, 0.5) is 5.69 Å². The highest BCUT2D eigenvalue weighted by atomic mass is 35.5. The van der Waals surface area contributed by atoms with E-state index in [1.165, 1.54) is 6.20 Å². The number of anilines is 1. The number of amides is 2. The lowest BCUT2D eigenvalue weighted by Crippen LogP contribution is -2.22. The van der Waals surface area contributed by atoms with E-state index in [1.807, 2.05) is 62.4 Å². The van der Waals surface area contributed by atoms with Gasteiger partial charge in [0.25, 0.3) is 5.91 Å². The zero-order valence-electron chi connectivity index (χ0n) is 16.4. The van der Waals surface area contributed by atoms with Gasteiger partial charge in [-0.25, -0.2) is 0 Å². The molecule has 7 heteroatoms. The maximum Gasteiger partial charge on any atom is 0.254 e. The summed E-state index contributed by atoms with van der Waals surface area (Å²) in [5.41, 5.74) is 3.09. The molecule has 0 aliphatic rings. The molecular formula is C22H23ClN4O2. The van der Waals surface area contributed by atoms with Crippen molar-refractivity contribution in [1.82, 2.24) is 15.1 Å². The van der Waals surface area contributed by atoms with E-state index in [-0.39, 0.29) is 17.7 Å². The molecule has 2 aromatic carbocycles. The molecule has 2 N–H and O–H groups in total. The number of carbonyl (C=O) groups is 2. The molecule has 0 aliphatic heterocycles. The van der Waals surface area contributed by atoms with Gasteiger partial charge < -0.3 is 10.6 Å². The van der Waals surface area contributed by atoms with Crippen molar-refractivity contribution in [2.24, 2.45) is 5.92 Å². The van der Waals surface area contributed by atoms with Crippen LogP contribution in [0.25, 0.3) is 0 Å². The number of nitrogens with zero attached hydrogens (tertiary/aromatic N) is 2. The maximum atomic E-state index is 12.4. The second kappa shape index (κ2) is 9.39. The Morgan fingerprint density at radius 1 is 1.10 bits per heavy atom. The topological polar surface area (TPSA) is 76.0 Å². The van der Waals surface area contributed by atoms with Gasteiger partial charge in [0.15, 0.2) is 0 Å². The Labute approximate surface area is 174 Å². The molecule has 150 valence electrons. The van der Waals surface area contributed by atoms with E-state index in [2.05, 4.69) is 15.7 Å². The Balaban J connectivity index is 1.54. The number of rotatable bonds is 7. The summed E-state index contributed by atoms with van der Waals surface area (Å²) in [6.07, 6.45) is 3.24. The molecule has 0 aliphatic carbocycles. The molecule has 0 saturated heterocycles. The minimum absolute atomic E-state index is 0.0279. The van der Waals surface area contributed by atoms with Crippen molar-refractivity contribution in [3.05, 3.63) is 82.6 Å². The number of nitrogens with one attached hydrogen (secondary N) is 2.